The van der Waals surface area contributed by atoms with E-state index in [0.717, 1.165) is 57.8 Å². The Kier molecular flexibility index (Phi) is 16.2. The minimum Gasteiger partial charge on any atom is -0.310 e. The van der Waals surface area contributed by atoms with Gasteiger partial charge >= 0.3 is 31.1 Å². The van der Waals surface area contributed by atoms with Gasteiger partial charge in [0.15, 0.2) is 0 Å². The van der Waals surface area contributed by atoms with E-state index in [9.17, 15) is 43.2 Å². The standard InChI is InChI=1S/2C16H19F3N6O2S2.Zn/c2*1-9(2)5-12-11-7-14(25-29(26,27)16(17,18)19)13(6-10(11)3-4-20-12)22-24-15-23-21-8-28-15;/h2*6-9,12,20,25H,3-5H2,1-2H3;. The van der Waals surface area contributed by atoms with Crippen molar-refractivity contribution in [3.8, 4) is 0 Å². The van der Waals surface area contributed by atoms with Gasteiger partial charge in [-0.2, -0.15) is 43.2 Å². The molecule has 16 nitrogen and oxygen atoms in total. The Morgan fingerprint density at radius 1 is 0.678 bits per heavy atom. The maximum atomic E-state index is 12.9. The molecule has 2 unspecified atom stereocenters. The molecule has 2 aliphatic rings. The summed E-state index contributed by atoms with van der Waals surface area (Å²) >= 11 is 2.18. The Balaban J connectivity index is 0.000000256. The molecular weight excluding hydrogens is 924 g/mol. The van der Waals surface area contributed by atoms with E-state index in [1.165, 1.54) is 23.2 Å². The Bertz CT molecular complexity index is 2150. The fourth-order valence-corrected chi connectivity index (χ4v) is 7.95. The zero-order valence-electron chi connectivity index (χ0n) is 31.8. The molecule has 0 saturated heterocycles. The third kappa shape index (κ3) is 12.7. The van der Waals surface area contributed by atoms with Crippen molar-refractivity contribution in [2.24, 2.45) is 32.3 Å². The van der Waals surface area contributed by atoms with E-state index in [2.05, 4.69) is 51.5 Å². The number of alkyl halides is 6. The molecule has 318 valence electrons. The third-order valence-corrected chi connectivity index (χ3v) is 11.9. The van der Waals surface area contributed by atoms with Crippen molar-refractivity contribution in [3.05, 3.63) is 57.5 Å². The van der Waals surface area contributed by atoms with Crippen LogP contribution >= 0.6 is 22.7 Å². The molecule has 6 rings (SSSR count). The van der Waals surface area contributed by atoms with Gasteiger partial charge in [0, 0.05) is 31.6 Å². The third-order valence-electron chi connectivity index (χ3n) is 8.53. The predicted molar refractivity (Wildman–Crippen MR) is 206 cm³/mol. The van der Waals surface area contributed by atoms with E-state index in [1.807, 2.05) is 27.7 Å². The summed E-state index contributed by atoms with van der Waals surface area (Å²) in [4.78, 5) is 0. The first kappa shape index (κ1) is 48.1. The molecule has 0 radical (unpaired) electrons. The summed E-state index contributed by atoms with van der Waals surface area (Å²) in [5.74, 6) is 0.677. The predicted octanol–water partition coefficient (Wildman–Crippen LogP) is 8.89. The van der Waals surface area contributed by atoms with Crippen LogP contribution in [0.5, 0.6) is 0 Å². The van der Waals surface area contributed by atoms with E-state index in [1.54, 1.807) is 21.6 Å². The van der Waals surface area contributed by atoms with Crippen LogP contribution in [0.3, 0.4) is 0 Å². The zero-order valence-corrected chi connectivity index (χ0v) is 38.1. The maximum absolute atomic E-state index is 12.9. The van der Waals surface area contributed by atoms with Gasteiger partial charge in [-0.1, -0.05) is 50.4 Å². The van der Waals surface area contributed by atoms with Crippen molar-refractivity contribution in [1.29, 1.82) is 0 Å². The number of hydrogen-bond acceptors (Lipinski definition) is 16. The summed E-state index contributed by atoms with van der Waals surface area (Å²) in [6.07, 6.45) is 2.78. The summed E-state index contributed by atoms with van der Waals surface area (Å²) in [5, 5.41) is 37.2. The van der Waals surface area contributed by atoms with Gasteiger partial charge in [0.1, 0.15) is 22.4 Å². The molecule has 0 aliphatic carbocycles. The molecule has 27 heteroatoms. The number of anilines is 2. The van der Waals surface area contributed by atoms with Gasteiger partial charge in [-0.05, 0) is 97.1 Å². The fraction of sp³-hybridized carbons (Fsp3) is 0.500. The molecular formula is C32H38F6N12O4S4Zn. The summed E-state index contributed by atoms with van der Waals surface area (Å²) in [6, 6.07) is 5.77. The molecule has 59 heavy (non-hydrogen) atoms. The summed E-state index contributed by atoms with van der Waals surface area (Å²) in [6.45, 7) is 9.54. The number of rotatable bonds is 12. The normalized spacial score (nSPS) is 17.4. The van der Waals surface area contributed by atoms with Gasteiger partial charge in [0.2, 0.25) is 0 Å². The first-order chi connectivity index (χ1) is 27.1. The Labute approximate surface area is 356 Å². The first-order valence-corrected chi connectivity index (χ1v) is 22.2. The van der Waals surface area contributed by atoms with Crippen LogP contribution in [0.15, 0.2) is 55.7 Å². The molecule has 2 aromatic carbocycles. The molecule has 4 N–H and O–H groups in total. The number of halogens is 6. The van der Waals surface area contributed by atoms with Crippen molar-refractivity contribution >= 4 is 75.7 Å². The van der Waals surface area contributed by atoms with Crippen LogP contribution < -0.4 is 20.1 Å². The van der Waals surface area contributed by atoms with E-state index in [4.69, 9.17) is 0 Å². The molecule has 2 aliphatic heterocycles. The molecule has 0 fully saturated rings. The number of azo groups is 2. The van der Waals surface area contributed by atoms with Gasteiger partial charge in [0.05, 0.1) is 11.4 Å². The number of nitrogens with zero attached hydrogens (tertiary/aromatic N) is 8. The van der Waals surface area contributed by atoms with Crippen molar-refractivity contribution in [2.45, 2.75) is 76.5 Å². The van der Waals surface area contributed by atoms with Gasteiger partial charge < -0.3 is 10.6 Å². The fourth-order valence-electron chi connectivity index (χ4n) is 6.07. The second-order valence-electron chi connectivity index (χ2n) is 13.9. The second kappa shape index (κ2) is 19.8. The SMILES string of the molecule is CC(C)CC1NCCc2cc(N=Nc3nncs3)c(NS(=O)(=O)C(F)(F)F)cc21.CC(C)CC1NCCc2cc(N=Nc3nncs3)c(NS(=O)(=O)C(F)(F)F)cc21.[Zn]. The largest absolute Gasteiger partial charge is 0.516 e. The van der Waals surface area contributed by atoms with Gasteiger partial charge in [-0.25, -0.2) is 0 Å². The van der Waals surface area contributed by atoms with Crippen LogP contribution in [-0.2, 0) is 52.4 Å². The summed E-state index contributed by atoms with van der Waals surface area (Å²) in [5.41, 5.74) is -5.39. The van der Waals surface area contributed by atoms with Crippen molar-refractivity contribution < 1.29 is 62.7 Å². The number of nitrogens with one attached hydrogen (secondary N) is 4. The van der Waals surface area contributed by atoms with E-state index in [0.29, 0.717) is 37.8 Å². The molecule has 2 aromatic heterocycles. The van der Waals surface area contributed by atoms with E-state index in [-0.39, 0.29) is 64.6 Å². The minimum atomic E-state index is -5.61. The van der Waals surface area contributed by atoms with E-state index >= 15 is 0 Å². The Morgan fingerprint density at radius 3 is 1.36 bits per heavy atom. The zero-order chi connectivity index (χ0) is 42.5. The summed E-state index contributed by atoms with van der Waals surface area (Å²) in [7, 11) is -11.2. The molecule has 4 heterocycles. The molecule has 0 saturated carbocycles. The topological polar surface area (TPSA) is 217 Å². The molecule has 2 atom stereocenters. The van der Waals surface area contributed by atoms with E-state index < -0.39 is 31.1 Å². The van der Waals surface area contributed by atoms with Crippen LogP contribution in [0.2, 0.25) is 0 Å². The van der Waals surface area contributed by atoms with Crippen LogP contribution in [0, 0.1) is 11.8 Å². The smallest absolute Gasteiger partial charge is 0.310 e. The molecule has 4 aromatic rings. The first-order valence-electron chi connectivity index (χ1n) is 17.5. The van der Waals surface area contributed by atoms with Crippen molar-refractivity contribution in [3.63, 3.8) is 0 Å². The van der Waals surface area contributed by atoms with Gasteiger partial charge in [-0.15, -0.1) is 40.9 Å². The molecule has 0 spiro atoms. The molecule has 0 amide bonds. The van der Waals surface area contributed by atoms with Crippen LogP contribution in [0.25, 0.3) is 0 Å². The number of aromatic nitrogens is 4. The Morgan fingerprint density at radius 2 is 1.05 bits per heavy atom. The number of fused-ring (bicyclic) bond motifs is 2. The summed E-state index contributed by atoms with van der Waals surface area (Å²) < 4.78 is 127. The van der Waals surface area contributed by atoms with Crippen LogP contribution in [0.4, 0.5) is 59.4 Å². The number of benzene rings is 2. The second-order valence-corrected chi connectivity index (χ2v) is 18.8. The molecule has 0 bridgehead atoms. The quantitative estimate of drug-likeness (QED) is 0.0601. The van der Waals surface area contributed by atoms with Gasteiger partial charge in [0.25, 0.3) is 10.3 Å². The van der Waals surface area contributed by atoms with Gasteiger partial charge in [-0.3, -0.25) is 9.44 Å². The number of hydrogen-bond donors (Lipinski definition) is 4. The number of sulfonamides is 2. The van der Waals surface area contributed by atoms with Crippen LogP contribution in [-0.4, -0.2) is 61.3 Å². The average Bonchev–Trinajstić information content (AvgIpc) is 3.84. The monoisotopic (exact) mass is 960 g/mol. The van der Waals surface area contributed by atoms with Crippen LogP contribution in [0.1, 0.15) is 74.9 Å². The maximum Gasteiger partial charge on any atom is 0.516 e. The average molecular weight is 962 g/mol. The van der Waals surface area contributed by atoms with Crippen molar-refractivity contribution in [1.82, 2.24) is 31.0 Å². The minimum absolute atomic E-state index is 0. The van der Waals surface area contributed by atoms with Crippen molar-refractivity contribution in [2.75, 3.05) is 22.5 Å². The Hall–Kier alpha value is -3.62.